The minimum atomic E-state index is 0.0206. The minimum Gasteiger partial charge on any atom is -0.304 e. The van der Waals surface area contributed by atoms with Gasteiger partial charge in [-0.2, -0.15) is 0 Å². The number of nitrogens with zero attached hydrogens (tertiary/aromatic N) is 1. The van der Waals surface area contributed by atoms with E-state index in [2.05, 4.69) is 54.6 Å². The summed E-state index contributed by atoms with van der Waals surface area (Å²) in [4.78, 5) is 15.2. The number of amides is 1. The van der Waals surface area contributed by atoms with E-state index in [9.17, 15) is 4.79 Å². The largest absolute Gasteiger partial charge is 0.304 e. The first-order valence-electron chi connectivity index (χ1n) is 9.95. The van der Waals surface area contributed by atoms with Crippen LogP contribution < -0.4 is 4.90 Å². The summed E-state index contributed by atoms with van der Waals surface area (Å²) in [6, 6.07) is 20.9. The molecule has 3 atom stereocenters. The molecule has 2 aliphatic rings. The Morgan fingerprint density at radius 2 is 1.89 bits per heavy atom. The third-order valence-corrected chi connectivity index (χ3v) is 6.45. The Morgan fingerprint density at radius 3 is 2.75 bits per heavy atom. The molecule has 28 heavy (non-hydrogen) atoms. The summed E-state index contributed by atoms with van der Waals surface area (Å²) in [7, 11) is 0. The summed E-state index contributed by atoms with van der Waals surface area (Å²) < 4.78 is 0. The van der Waals surface area contributed by atoms with Crippen molar-refractivity contribution in [2.45, 2.75) is 31.7 Å². The lowest BCUT2D eigenvalue weighted by Gasteiger charge is -2.45. The van der Waals surface area contributed by atoms with E-state index in [1.54, 1.807) is 0 Å². The van der Waals surface area contributed by atoms with Gasteiger partial charge in [0.05, 0.1) is 6.04 Å². The quantitative estimate of drug-likeness (QED) is 0.450. The van der Waals surface area contributed by atoms with Crippen LogP contribution in [0.4, 0.5) is 5.69 Å². The molecule has 140 valence electrons. The maximum absolute atomic E-state index is 13.2. The van der Waals surface area contributed by atoms with E-state index in [1.807, 2.05) is 30.0 Å². The van der Waals surface area contributed by atoms with Gasteiger partial charge in [0.2, 0.25) is 5.91 Å². The topological polar surface area (TPSA) is 20.3 Å². The van der Waals surface area contributed by atoms with Crippen molar-refractivity contribution in [2.75, 3.05) is 4.90 Å². The van der Waals surface area contributed by atoms with Gasteiger partial charge in [-0.25, -0.2) is 0 Å². The molecule has 1 heterocycles. The fraction of sp³-hybridized carbons (Fsp3) is 0.240. The number of halogens is 1. The lowest BCUT2D eigenvalue weighted by molar-refractivity contribution is -0.119. The van der Waals surface area contributed by atoms with Crippen LogP contribution >= 0.6 is 11.6 Å². The molecular weight excluding hydrogens is 366 g/mol. The summed E-state index contributed by atoms with van der Waals surface area (Å²) in [6.07, 6.45) is 6.01. The van der Waals surface area contributed by atoms with Gasteiger partial charge in [0, 0.05) is 23.0 Å². The van der Waals surface area contributed by atoms with Crippen molar-refractivity contribution < 1.29 is 4.79 Å². The number of hydrogen-bond donors (Lipinski definition) is 0. The van der Waals surface area contributed by atoms with E-state index in [-0.39, 0.29) is 11.9 Å². The molecule has 0 unspecified atom stereocenters. The molecule has 3 aromatic carbocycles. The van der Waals surface area contributed by atoms with Crippen LogP contribution in [0.25, 0.3) is 10.8 Å². The van der Waals surface area contributed by atoms with E-state index >= 15 is 0 Å². The number of anilines is 1. The van der Waals surface area contributed by atoms with E-state index < -0.39 is 0 Å². The molecule has 0 radical (unpaired) electrons. The maximum Gasteiger partial charge on any atom is 0.227 e. The van der Waals surface area contributed by atoms with Gasteiger partial charge in [-0.1, -0.05) is 73.1 Å². The van der Waals surface area contributed by atoms with Gasteiger partial charge in [-0.3, -0.25) is 4.79 Å². The maximum atomic E-state index is 13.2. The monoisotopic (exact) mass is 387 g/mol. The van der Waals surface area contributed by atoms with Crippen LogP contribution in [0.2, 0.25) is 5.02 Å². The van der Waals surface area contributed by atoms with E-state index in [1.165, 1.54) is 21.9 Å². The second-order valence-electron chi connectivity index (χ2n) is 7.69. The van der Waals surface area contributed by atoms with E-state index in [4.69, 9.17) is 11.6 Å². The molecule has 0 fully saturated rings. The third kappa shape index (κ3) is 2.59. The second-order valence-corrected chi connectivity index (χ2v) is 8.12. The van der Waals surface area contributed by atoms with Crippen LogP contribution in [0, 0.1) is 5.92 Å². The molecule has 0 aromatic heterocycles. The van der Waals surface area contributed by atoms with Crippen LogP contribution in [0.3, 0.4) is 0 Å². The number of hydrogen-bond acceptors (Lipinski definition) is 1. The van der Waals surface area contributed by atoms with Gasteiger partial charge >= 0.3 is 0 Å². The lowest BCUT2D eigenvalue weighted by atomic mass is 9.74. The number of fused-ring (bicyclic) bond motifs is 4. The molecule has 0 saturated heterocycles. The van der Waals surface area contributed by atoms with Crippen LogP contribution in [0.15, 0.2) is 72.8 Å². The van der Waals surface area contributed by atoms with Crippen molar-refractivity contribution >= 4 is 34.0 Å². The SMILES string of the molecule is CCC(=O)N1c2ccc(Cl)cc2[C@H]2C=CC[C@H]2[C@H]1c1cccc2ccccc12. The molecule has 0 bridgehead atoms. The summed E-state index contributed by atoms with van der Waals surface area (Å²) in [5, 5.41) is 3.17. The normalized spacial score (nSPS) is 22.9. The van der Waals surface area contributed by atoms with Gasteiger partial charge in [0.1, 0.15) is 0 Å². The number of carbonyl (C=O) groups excluding carboxylic acids is 1. The first kappa shape index (κ1) is 17.5. The highest BCUT2D eigenvalue weighted by Gasteiger charge is 2.44. The second kappa shape index (κ2) is 6.79. The van der Waals surface area contributed by atoms with Crippen LogP contribution in [-0.2, 0) is 4.79 Å². The summed E-state index contributed by atoms with van der Waals surface area (Å²) in [6.45, 7) is 1.94. The zero-order chi connectivity index (χ0) is 19.3. The highest BCUT2D eigenvalue weighted by molar-refractivity contribution is 6.30. The number of rotatable bonds is 2. The molecule has 3 heteroatoms. The van der Waals surface area contributed by atoms with Gasteiger partial charge in [-0.15, -0.1) is 0 Å². The molecular formula is C25H22ClNO. The minimum absolute atomic E-state index is 0.0206. The Kier molecular flexibility index (Phi) is 4.25. The Balaban J connectivity index is 1.78. The molecule has 1 aliphatic heterocycles. The molecule has 2 nitrogen and oxygen atoms in total. The Bertz CT molecular complexity index is 1100. The zero-order valence-corrected chi connectivity index (χ0v) is 16.6. The third-order valence-electron chi connectivity index (χ3n) is 6.22. The standard InChI is InChI=1S/C25H22ClNO/c1-2-24(28)27-23-14-13-17(26)15-22(23)19-10-6-12-21(19)25(27)20-11-5-8-16-7-3-4-9-18(16)20/h3-11,13-15,19,21,25H,2,12H2,1H3/t19-,21+,25+/m0/s1. The predicted molar refractivity (Wildman–Crippen MR) is 116 cm³/mol. The predicted octanol–water partition coefficient (Wildman–Crippen LogP) is 6.65. The Labute approximate surface area is 170 Å². The lowest BCUT2D eigenvalue weighted by Crippen LogP contribution is -2.43. The smallest absolute Gasteiger partial charge is 0.227 e. The average molecular weight is 388 g/mol. The van der Waals surface area contributed by atoms with E-state index in [0.29, 0.717) is 18.3 Å². The van der Waals surface area contributed by atoms with Gasteiger partial charge in [0.15, 0.2) is 0 Å². The first-order valence-corrected chi connectivity index (χ1v) is 10.3. The molecule has 1 amide bonds. The van der Waals surface area contributed by atoms with Crippen LogP contribution in [0.1, 0.15) is 42.9 Å². The van der Waals surface area contributed by atoms with Crippen LogP contribution in [0.5, 0.6) is 0 Å². The fourth-order valence-electron chi connectivity index (χ4n) is 5.02. The van der Waals surface area contributed by atoms with Crippen molar-refractivity contribution in [2.24, 2.45) is 5.92 Å². The summed E-state index contributed by atoms with van der Waals surface area (Å²) >= 11 is 6.33. The van der Waals surface area contributed by atoms with Gasteiger partial charge in [0.25, 0.3) is 0 Å². The number of allylic oxidation sites excluding steroid dienone is 2. The average Bonchev–Trinajstić information content (AvgIpc) is 3.22. The first-order chi connectivity index (χ1) is 13.7. The Hall–Kier alpha value is -2.58. The molecule has 1 aliphatic carbocycles. The van der Waals surface area contributed by atoms with Crippen molar-refractivity contribution in [3.8, 4) is 0 Å². The Morgan fingerprint density at radius 1 is 1.07 bits per heavy atom. The van der Waals surface area contributed by atoms with Gasteiger partial charge in [-0.05, 0) is 52.4 Å². The molecule has 5 rings (SSSR count). The highest BCUT2D eigenvalue weighted by Crippen LogP contribution is 2.54. The summed E-state index contributed by atoms with van der Waals surface area (Å²) in [5.41, 5.74) is 3.41. The van der Waals surface area contributed by atoms with E-state index in [0.717, 1.165) is 17.1 Å². The van der Waals surface area contributed by atoms with Crippen LogP contribution in [-0.4, -0.2) is 5.91 Å². The molecule has 3 aromatic rings. The summed E-state index contributed by atoms with van der Waals surface area (Å²) in [5.74, 6) is 0.776. The molecule has 0 saturated carbocycles. The fourth-order valence-corrected chi connectivity index (χ4v) is 5.20. The number of benzene rings is 3. The van der Waals surface area contributed by atoms with Crippen molar-refractivity contribution in [1.82, 2.24) is 0 Å². The highest BCUT2D eigenvalue weighted by atomic mass is 35.5. The van der Waals surface area contributed by atoms with Crippen molar-refractivity contribution in [3.63, 3.8) is 0 Å². The molecule has 0 N–H and O–H groups in total. The van der Waals surface area contributed by atoms with Crippen molar-refractivity contribution in [1.29, 1.82) is 0 Å². The number of carbonyl (C=O) groups is 1. The zero-order valence-electron chi connectivity index (χ0n) is 15.8. The van der Waals surface area contributed by atoms with Gasteiger partial charge < -0.3 is 4.90 Å². The molecule has 0 spiro atoms. The van der Waals surface area contributed by atoms with Crippen molar-refractivity contribution in [3.05, 3.63) is 89.0 Å².